The van der Waals surface area contributed by atoms with Crippen LogP contribution >= 0.6 is 34.3 Å². The van der Waals surface area contributed by atoms with Crippen LogP contribution in [-0.2, 0) is 20.6 Å². The Morgan fingerprint density at radius 1 is 1.18 bits per heavy atom. The molecule has 5 atom stereocenters. The molecule has 0 unspecified atom stereocenters. The van der Waals surface area contributed by atoms with E-state index in [4.69, 9.17) is 25.8 Å². The van der Waals surface area contributed by atoms with Crippen molar-refractivity contribution in [2.45, 2.75) is 43.9 Å². The summed E-state index contributed by atoms with van der Waals surface area (Å²) in [6.07, 6.45) is -4.96. The zero-order valence-corrected chi connectivity index (χ0v) is 20.6. The van der Waals surface area contributed by atoms with E-state index < -0.39 is 36.7 Å². The average Bonchev–Trinajstić information content (AvgIpc) is 3.51. The summed E-state index contributed by atoms with van der Waals surface area (Å²) in [5.74, 6) is 0. The Kier molecular flexibility index (Phi) is 8.20. The molecule has 11 heteroatoms. The number of aliphatic hydroxyl groups excluding tert-OH is 3. The number of hydrogen-bond donors (Lipinski definition) is 3. The Bertz CT molecular complexity index is 1110. The Balaban J connectivity index is 1.51. The number of halogens is 1. The van der Waals surface area contributed by atoms with Crippen LogP contribution in [0.4, 0.5) is 4.79 Å². The number of aliphatic hydroxyl groups is 3. The molecule has 0 radical (unpaired) electrons. The molecule has 3 heterocycles. The quantitative estimate of drug-likeness (QED) is 0.398. The molecule has 34 heavy (non-hydrogen) atoms. The molecule has 3 N–H and O–H groups in total. The lowest BCUT2D eigenvalue weighted by molar-refractivity contribution is -0.232. The number of rotatable bonds is 7. The molecule has 1 saturated heterocycles. The van der Waals surface area contributed by atoms with Gasteiger partial charge in [-0.2, -0.15) is 11.3 Å². The number of hydrogen-bond acceptors (Lipinski definition) is 10. The van der Waals surface area contributed by atoms with Gasteiger partial charge in [-0.05, 0) is 40.9 Å². The number of ether oxygens (including phenoxy) is 3. The monoisotopic (exact) mass is 525 g/mol. The number of benzene rings is 1. The Morgan fingerprint density at radius 3 is 2.74 bits per heavy atom. The summed E-state index contributed by atoms with van der Waals surface area (Å²) in [5.41, 5.74) is 2.46. The maximum atomic E-state index is 11.5. The van der Waals surface area contributed by atoms with Crippen LogP contribution in [0.2, 0.25) is 5.02 Å². The summed E-state index contributed by atoms with van der Waals surface area (Å²) < 4.78 is 15.5. The van der Waals surface area contributed by atoms with Gasteiger partial charge in [-0.3, -0.25) is 0 Å². The van der Waals surface area contributed by atoms with Gasteiger partial charge in [-0.25, -0.2) is 9.78 Å². The molecule has 182 valence electrons. The third kappa shape index (κ3) is 5.60. The smallest absolute Gasteiger partial charge is 0.435 e. The lowest BCUT2D eigenvalue weighted by atomic mass is 9.90. The summed E-state index contributed by atoms with van der Waals surface area (Å²) in [4.78, 5) is 17.1. The molecule has 1 aliphatic heterocycles. The molecule has 2 aromatic heterocycles. The predicted molar refractivity (Wildman–Crippen MR) is 128 cm³/mol. The van der Waals surface area contributed by atoms with E-state index in [0.717, 1.165) is 21.0 Å². The molecule has 1 aliphatic rings. The van der Waals surface area contributed by atoms with Crippen LogP contribution in [0.3, 0.4) is 0 Å². The van der Waals surface area contributed by atoms with Gasteiger partial charge in [0.05, 0.1) is 16.5 Å². The van der Waals surface area contributed by atoms with Crippen LogP contribution < -0.4 is 0 Å². The van der Waals surface area contributed by atoms with E-state index in [1.807, 2.05) is 17.6 Å². The Morgan fingerprint density at radius 2 is 2.00 bits per heavy atom. The summed E-state index contributed by atoms with van der Waals surface area (Å²) in [5, 5.41) is 36.8. The van der Waals surface area contributed by atoms with Gasteiger partial charge in [0.1, 0.15) is 37.1 Å². The zero-order valence-electron chi connectivity index (χ0n) is 18.2. The number of aromatic nitrogens is 1. The highest BCUT2D eigenvalue weighted by molar-refractivity contribution is 7.15. The molecule has 8 nitrogen and oxygen atoms in total. The van der Waals surface area contributed by atoms with Gasteiger partial charge in [0.15, 0.2) is 0 Å². The fraction of sp³-hybridized carbons (Fsp3) is 0.391. The summed E-state index contributed by atoms with van der Waals surface area (Å²) >= 11 is 9.63. The van der Waals surface area contributed by atoms with Crippen LogP contribution in [0.1, 0.15) is 29.2 Å². The molecule has 0 amide bonds. The third-order valence-electron chi connectivity index (χ3n) is 5.44. The lowest BCUT2D eigenvalue weighted by Gasteiger charge is -2.40. The number of nitrogens with zero attached hydrogens (tertiary/aromatic N) is 1. The van der Waals surface area contributed by atoms with Crippen LogP contribution in [0.5, 0.6) is 0 Å². The molecular formula is C23H24ClNO7S2. The van der Waals surface area contributed by atoms with Crippen LogP contribution in [0, 0.1) is 0 Å². The van der Waals surface area contributed by atoms with Gasteiger partial charge in [0, 0.05) is 23.2 Å². The topological polar surface area (TPSA) is 118 Å². The minimum Gasteiger partial charge on any atom is -0.435 e. The van der Waals surface area contributed by atoms with Crippen molar-refractivity contribution in [2.75, 3.05) is 13.2 Å². The van der Waals surface area contributed by atoms with Crippen molar-refractivity contribution in [2.24, 2.45) is 0 Å². The zero-order chi connectivity index (χ0) is 24.2. The SMILES string of the molecule is CCOC(=O)OC[C@H]1O[C@@H](c2ccc(Cl)c(Cc3ncc(-c4ccsc4)s3)c2)[C@H](O)[C@@H](O)[C@@H]1O. The van der Waals surface area contributed by atoms with Gasteiger partial charge in [-0.15, -0.1) is 11.3 Å². The maximum absolute atomic E-state index is 11.5. The molecule has 4 rings (SSSR count). The summed E-state index contributed by atoms with van der Waals surface area (Å²) in [6.45, 7) is 1.43. The molecular weight excluding hydrogens is 502 g/mol. The second-order valence-electron chi connectivity index (χ2n) is 7.72. The van der Waals surface area contributed by atoms with Crippen molar-refractivity contribution in [3.8, 4) is 10.4 Å². The Hall–Kier alpha value is -2.05. The molecule has 0 bridgehead atoms. The van der Waals surface area contributed by atoms with Crippen molar-refractivity contribution in [3.05, 3.63) is 62.4 Å². The average molecular weight is 526 g/mol. The van der Waals surface area contributed by atoms with Gasteiger partial charge < -0.3 is 29.5 Å². The van der Waals surface area contributed by atoms with Crippen LogP contribution in [0.25, 0.3) is 10.4 Å². The van der Waals surface area contributed by atoms with Crippen LogP contribution in [-0.4, -0.2) is 64.1 Å². The summed E-state index contributed by atoms with van der Waals surface area (Å²) in [6, 6.07) is 7.21. The number of thiophene rings is 1. The fourth-order valence-electron chi connectivity index (χ4n) is 3.67. The number of carbonyl (C=O) groups is 1. The van der Waals surface area contributed by atoms with E-state index in [1.54, 1.807) is 47.8 Å². The summed E-state index contributed by atoms with van der Waals surface area (Å²) in [7, 11) is 0. The lowest BCUT2D eigenvalue weighted by Crippen LogP contribution is -2.55. The minimum absolute atomic E-state index is 0.137. The highest BCUT2D eigenvalue weighted by atomic mass is 35.5. The second-order valence-corrected chi connectivity index (χ2v) is 10.0. The largest absolute Gasteiger partial charge is 0.508 e. The number of carbonyl (C=O) groups excluding carboxylic acids is 1. The molecule has 1 aromatic carbocycles. The molecule has 3 aromatic rings. The van der Waals surface area contributed by atoms with E-state index >= 15 is 0 Å². The second kappa shape index (κ2) is 11.1. The van der Waals surface area contributed by atoms with Crippen molar-refractivity contribution >= 4 is 40.4 Å². The first-order valence-corrected chi connectivity index (χ1v) is 12.8. The fourth-order valence-corrected chi connectivity index (χ4v) is 5.53. The van der Waals surface area contributed by atoms with Crippen molar-refractivity contribution < 1.29 is 34.3 Å². The van der Waals surface area contributed by atoms with Gasteiger partial charge in [0.2, 0.25) is 0 Å². The molecule has 1 fully saturated rings. The van der Waals surface area contributed by atoms with Crippen molar-refractivity contribution in [3.63, 3.8) is 0 Å². The van der Waals surface area contributed by atoms with E-state index in [2.05, 4.69) is 10.4 Å². The van der Waals surface area contributed by atoms with E-state index in [-0.39, 0.29) is 13.2 Å². The van der Waals surface area contributed by atoms with E-state index in [9.17, 15) is 20.1 Å². The van der Waals surface area contributed by atoms with Gasteiger partial charge in [0.25, 0.3) is 0 Å². The number of thiazole rings is 1. The first-order valence-electron chi connectivity index (χ1n) is 10.6. The minimum atomic E-state index is -1.50. The molecule has 0 spiro atoms. The third-order valence-corrected chi connectivity index (χ3v) is 7.54. The highest BCUT2D eigenvalue weighted by Crippen LogP contribution is 2.35. The van der Waals surface area contributed by atoms with Crippen molar-refractivity contribution in [1.82, 2.24) is 4.98 Å². The maximum Gasteiger partial charge on any atom is 0.508 e. The highest BCUT2D eigenvalue weighted by Gasteiger charge is 2.44. The van der Waals surface area contributed by atoms with E-state index in [1.165, 1.54) is 0 Å². The Labute approximate surface area is 209 Å². The first kappa shape index (κ1) is 25.1. The van der Waals surface area contributed by atoms with Gasteiger partial charge in [-0.1, -0.05) is 23.7 Å². The normalized spacial score (nSPS) is 24.7. The van der Waals surface area contributed by atoms with Crippen LogP contribution in [0.15, 0.2) is 41.2 Å². The van der Waals surface area contributed by atoms with Gasteiger partial charge >= 0.3 is 6.16 Å². The van der Waals surface area contributed by atoms with Crippen molar-refractivity contribution in [1.29, 1.82) is 0 Å². The standard InChI is InChI=1S/C23H24ClNO7S2/c1-2-30-23(29)31-10-16-19(26)20(27)21(28)22(32-16)12-3-4-15(24)14(7-12)8-18-25-9-17(34-18)13-5-6-33-11-13/h3-7,9,11,16,19-22,26-28H,2,8,10H2,1H3/t16-,19-,20+,21-,22+/m1/s1. The predicted octanol–water partition coefficient (Wildman–Crippen LogP) is 3.81. The molecule has 0 saturated carbocycles. The molecule has 0 aliphatic carbocycles. The van der Waals surface area contributed by atoms with E-state index in [0.29, 0.717) is 17.0 Å². The first-order chi connectivity index (χ1) is 16.4.